The van der Waals surface area contributed by atoms with Gasteiger partial charge in [-0.3, -0.25) is 0 Å². The van der Waals surface area contributed by atoms with Crippen LogP contribution in [0.5, 0.6) is 0 Å². The summed E-state index contributed by atoms with van der Waals surface area (Å²) >= 11 is 0. The Morgan fingerprint density at radius 1 is 0.880 bits per heavy atom. The van der Waals surface area contributed by atoms with Crippen molar-refractivity contribution in [2.75, 3.05) is 26.2 Å². The topological polar surface area (TPSA) is 98.5 Å². The van der Waals surface area contributed by atoms with Gasteiger partial charge in [-0.05, 0) is 37.5 Å². The van der Waals surface area contributed by atoms with Gasteiger partial charge in [-0.2, -0.15) is 0 Å². The average Bonchev–Trinajstić information content (AvgIpc) is 2.53. The molecule has 0 radical (unpaired) electrons. The third kappa shape index (κ3) is 7.62. The third-order valence-electron chi connectivity index (χ3n) is 5.18. The molecule has 2 heterocycles. The Morgan fingerprint density at radius 3 is 1.96 bits per heavy atom. The van der Waals surface area contributed by atoms with Gasteiger partial charge >= 0.3 is 0 Å². The van der Waals surface area contributed by atoms with E-state index < -0.39 is 10.2 Å². The lowest BCUT2D eigenvalue weighted by atomic mass is 9.77. The van der Waals surface area contributed by atoms with Gasteiger partial charge in [-0.15, -0.1) is 10.2 Å². The van der Waals surface area contributed by atoms with E-state index >= 15 is 0 Å². The van der Waals surface area contributed by atoms with Crippen molar-refractivity contribution in [3.05, 3.63) is 11.8 Å². The summed E-state index contributed by atoms with van der Waals surface area (Å²) in [5.74, 6) is 0. The fourth-order valence-electron chi connectivity index (χ4n) is 4.11. The average molecular weight is 375 g/mol. The second-order valence-electron chi connectivity index (χ2n) is 8.12. The van der Waals surface area contributed by atoms with Crippen LogP contribution in [0.3, 0.4) is 0 Å². The van der Waals surface area contributed by atoms with Crippen molar-refractivity contribution in [3.63, 3.8) is 0 Å². The van der Waals surface area contributed by atoms with E-state index in [2.05, 4.69) is 29.4 Å². The van der Waals surface area contributed by atoms with E-state index in [9.17, 15) is 0 Å². The first kappa shape index (κ1) is 20.6. The smallest absolute Gasteiger partial charge is 0.178 e. The maximum absolute atomic E-state index is 8.49. The summed E-state index contributed by atoms with van der Waals surface area (Å²) in [5, 5.41) is 0. The van der Waals surface area contributed by atoms with Crippen LogP contribution < -0.4 is 18.6 Å². The van der Waals surface area contributed by atoms with Crippen LogP contribution in [0, 0.1) is 15.7 Å². The molecule has 0 atom stereocenters. The van der Waals surface area contributed by atoms with Gasteiger partial charge in [0.15, 0.2) is 5.71 Å². The summed E-state index contributed by atoms with van der Waals surface area (Å²) in [7, 11) is -4.94. The summed E-state index contributed by atoms with van der Waals surface area (Å²) in [4.78, 5) is 2.67. The fourth-order valence-corrected chi connectivity index (χ4v) is 4.11. The van der Waals surface area contributed by atoms with Gasteiger partial charge in [0.1, 0.15) is 13.1 Å². The molecule has 0 bridgehead atoms. The van der Waals surface area contributed by atoms with Gasteiger partial charge in [0.25, 0.3) is 0 Å². The van der Waals surface area contributed by atoms with E-state index in [0.29, 0.717) is 5.41 Å². The number of rotatable bonds is 1. The zero-order chi connectivity index (χ0) is 18.5. The highest BCUT2D eigenvalue weighted by Crippen LogP contribution is 2.36. The molecule has 2 saturated heterocycles. The second-order valence-corrected chi connectivity index (χ2v) is 8.87. The van der Waals surface area contributed by atoms with Crippen molar-refractivity contribution in [2.45, 2.75) is 65.2 Å². The number of hydrogen-bond acceptors (Lipinski definition) is 5. The number of allylic oxidation sites excluding steroid dienone is 2. The van der Waals surface area contributed by atoms with Crippen LogP contribution in [-0.2, 0) is 0 Å². The molecule has 3 aliphatic rings. The number of likely N-dealkylation sites (tertiary alicyclic amines) is 1. The molecule has 0 aromatic rings. The molecular formula is C18H31ClN2O4. The van der Waals surface area contributed by atoms with Crippen molar-refractivity contribution in [1.82, 2.24) is 4.90 Å². The maximum Gasteiger partial charge on any atom is 0.178 e. The van der Waals surface area contributed by atoms with Crippen molar-refractivity contribution in [1.29, 1.82) is 0 Å². The minimum Gasteiger partial charge on any atom is -0.375 e. The minimum atomic E-state index is -4.94. The van der Waals surface area contributed by atoms with Gasteiger partial charge < -0.3 is 4.90 Å². The van der Waals surface area contributed by atoms with Crippen LogP contribution in [-0.4, -0.2) is 41.4 Å². The predicted octanol–water partition coefficient (Wildman–Crippen LogP) is -0.942. The quantitative estimate of drug-likeness (QED) is 0.551. The fraction of sp³-hybridized carbons (Fsp3) is 0.833. The van der Waals surface area contributed by atoms with Gasteiger partial charge in [0, 0.05) is 44.1 Å². The number of nitrogens with zero attached hydrogens (tertiary/aromatic N) is 2. The summed E-state index contributed by atoms with van der Waals surface area (Å²) in [6, 6.07) is 0. The standard InChI is InChI=1S/C18H31N2.ClHO4/c1-18(2)14-16(19-9-5-3-6-10-19)13-17(15-18)20-11-7-4-8-12-20;2-1(3,4)5/h13H,3-12,14-15H2,1-2H3;(H,2,3,4,5)/q+1;/p-1. The zero-order valence-electron chi connectivity index (χ0n) is 15.5. The lowest BCUT2D eigenvalue weighted by Crippen LogP contribution is -2.68. The lowest BCUT2D eigenvalue weighted by Gasteiger charge is -2.38. The molecule has 7 heteroatoms. The molecule has 2 aliphatic heterocycles. The molecule has 1 aliphatic carbocycles. The Hall–Kier alpha value is -0.660. The summed E-state index contributed by atoms with van der Waals surface area (Å²) < 4.78 is 36.6. The van der Waals surface area contributed by atoms with E-state index in [1.807, 2.05) is 0 Å². The minimum absolute atomic E-state index is 0.439. The van der Waals surface area contributed by atoms with Crippen LogP contribution in [0.15, 0.2) is 11.8 Å². The molecule has 0 N–H and O–H groups in total. The van der Waals surface area contributed by atoms with Crippen LogP contribution in [0.25, 0.3) is 0 Å². The van der Waals surface area contributed by atoms with E-state index in [0.717, 1.165) is 0 Å². The molecule has 6 nitrogen and oxygen atoms in total. The number of hydrogen-bond donors (Lipinski definition) is 0. The van der Waals surface area contributed by atoms with Crippen LogP contribution in [0.2, 0.25) is 0 Å². The summed E-state index contributed by atoms with van der Waals surface area (Å²) in [5.41, 5.74) is 3.69. The van der Waals surface area contributed by atoms with Crippen molar-refractivity contribution >= 4 is 5.71 Å². The molecule has 0 unspecified atom stereocenters. The van der Waals surface area contributed by atoms with Crippen molar-refractivity contribution in [2.24, 2.45) is 5.41 Å². The molecule has 0 saturated carbocycles. The molecule has 0 aromatic carbocycles. The Balaban J connectivity index is 0.000000399. The first-order valence-electron chi connectivity index (χ1n) is 9.32. The normalized spacial score (nSPS) is 24.4. The Labute approximate surface area is 153 Å². The van der Waals surface area contributed by atoms with Crippen LogP contribution in [0.4, 0.5) is 0 Å². The van der Waals surface area contributed by atoms with E-state index in [4.69, 9.17) is 18.6 Å². The molecule has 25 heavy (non-hydrogen) atoms. The van der Waals surface area contributed by atoms with Crippen molar-refractivity contribution < 1.29 is 33.5 Å². The van der Waals surface area contributed by atoms with Gasteiger partial charge in [0.05, 0.1) is 0 Å². The summed E-state index contributed by atoms with van der Waals surface area (Å²) in [6.45, 7) is 10.1. The highest BCUT2D eigenvalue weighted by atomic mass is 35.7. The van der Waals surface area contributed by atoms with Crippen LogP contribution >= 0.6 is 0 Å². The molecule has 2 fully saturated rings. The third-order valence-corrected chi connectivity index (χ3v) is 5.18. The van der Waals surface area contributed by atoms with Crippen LogP contribution in [0.1, 0.15) is 65.2 Å². The predicted molar refractivity (Wildman–Crippen MR) is 85.4 cm³/mol. The highest BCUT2D eigenvalue weighted by Gasteiger charge is 2.33. The molecule has 0 aromatic heterocycles. The van der Waals surface area contributed by atoms with E-state index in [-0.39, 0.29) is 0 Å². The number of halogens is 1. The summed E-state index contributed by atoms with van der Waals surface area (Å²) in [6.07, 6.45) is 13.5. The number of piperidine rings is 2. The Bertz CT molecular complexity index is 492. The molecule has 3 rings (SSSR count). The second kappa shape index (κ2) is 8.82. The first-order chi connectivity index (χ1) is 11.6. The largest absolute Gasteiger partial charge is 0.375 e. The van der Waals surface area contributed by atoms with E-state index in [1.54, 1.807) is 11.4 Å². The molecule has 144 valence electrons. The van der Waals surface area contributed by atoms with Gasteiger partial charge in [-0.25, -0.2) is 23.2 Å². The Kier molecular flexibility index (Phi) is 7.29. The highest BCUT2D eigenvalue weighted by molar-refractivity contribution is 5.92. The SMILES string of the molecule is CC1(C)CC(N2CCCCC2)=CC(=[N+]2CCCCC2)C1.[O-][Cl+3]([O-])([O-])[O-]. The molecule has 0 amide bonds. The van der Waals surface area contributed by atoms with Crippen molar-refractivity contribution in [3.8, 4) is 0 Å². The van der Waals surface area contributed by atoms with E-state index in [1.165, 1.54) is 77.5 Å². The Morgan fingerprint density at radius 2 is 1.40 bits per heavy atom. The van der Waals surface area contributed by atoms with Gasteiger partial charge in [-0.1, -0.05) is 13.8 Å². The molecule has 0 spiro atoms. The first-order valence-corrected chi connectivity index (χ1v) is 10.6. The monoisotopic (exact) mass is 374 g/mol. The lowest BCUT2D eigenvalue weighted by molar-refractivity contribution is -2.00. The maximum atomic E-state index is 8.49. The molecular weight excluding hydrogens is 344 g/mol. The van der Waals surface area contributed by atoms with Gasteiger partial charge in [0.2, 0.25) is 0 Å². The zero-order valence-corrected chi connectivity index (χ0v) is 16.2.